The van der Waals surface area contributed by atoms with Gasteiger partial charge < -0.3 is 19.6 Å². The van der Waals surface area contributed by atoms with Gasteiger partial charge in [0.05, 0.1) is 23.4 Å². The zero-order valence-electron chi connectivity index (χ0n) is 18.7. The number of terminal acetylenes is 1. The Morgan fingerprint density at radius 3 is 2.84 bits per heavy atom. The predicted octanol–water partition coefficient (Wildman–Crippen LogP) is 2.69. The Labute approximate surface area is 189 Å². The van der Waals surface area contributed by atoms with Gasteiger partial charge >= 0.3 is 6.09 Å². The summed E-state index contributed by atoms with van der Waals surface area (Å²) in [5, 5.41) is 12.5. The first kappa shape index (κ1) is 22.4. The minimum atomic E-state index is -0.607. The molecule has 0 aromatic carbocycles. The molecule has 3 fully saturated rings. The van der Waals surface area contributed by atoms with E-state index in [0.29, 0.717) is 12.2 Å². The average Bonchev–Trinajstić information content (AvgIpc) is 3.09. The van der Waals surface area contributed by atoms with Crippen LogP contribution in [0.5, 0.6) is 0 Å². The number of nitrogens with zero attached hydrogens (tertiary/aromatic N) is 3. The summed E-state index contributed by atoms with van der Waals surface area (Å²) in [5.74, 6) is 3.35. The van der Waals surface area contributed by atoms with Gasteiger partial charge in [0.25, 0.3) is 0 Å². The Morgan fingerprint density at radius 1 is 1.34 bits per heavy atom. The van der Waals surface area contributed by atoms with Crippen molar-refractivity contribution in [1.29, 1.82) is 0 Å². The number of anilines is 2. The predicted molar refractivity (Wildman–Crippen MR) is 121 cm³/mol. The molecule has 1 saturated carbocycles. The maximum atomic E-state index is 13.5. The molecule has 172 valence electrons. The van der Waals surface area contributed by atoms with Crippen LogP contribution >= 0.6 is 0 Å². The second-order valence-corrected chi connectivity index (χ2v) is 9.28. The molecular weight excluding hydrogens is 408 g/mol. The molecule has 0 radical (unpaired) electrons. The molecule has 32 heavy (non-hydrogen) atoms. The van der Waals surface area contributed by atoms with Gasteiger partial charge in [-0.2, -0.15) is 0 Å². The number of aliphatic hydroxyl groups excluding tert-OH is 1. The normalized spacial score (nSPS) is 28.0. The summed E-state index contributed by atoms with van der Waals surface area (Å²) >= 11 is 0. The van der Waals surface area contributed by atoms with Gasteiger partial charge in [-0.05, 0) is 63.5 Å². The van der Waals surface area contributed by atoms with Gasteiger partial charge in [-0.25, -0.2) is 9.78 Å². The molecule has 8 nitrogen and oxygen atoms in total. The fourth-order valence-electron chi connectivity index (χ4n) is 5.37. The Morgan fingerprint density at radius 2 is 2.12 bits per heavy atom. The molecule has 4 rings (SSSR count). The number of ether oxygens (including phenoxy) is 1. The third-order valence-corrected chi connectivity index (χ3v) is 7.17. The highest BCUT2D eigenvalue weighted by atomic mass is 16.5. The smallest absolute Gasteiger partial charge is 0.412 e. The number of aromatic nitrogens is 1. The third-order valence-electron chi connectivity index (χ3n) is 7.17. The molecule has 8 heteroatoms. The Hall–Kier alpha value is -2.79. The lowest BCUT2D eigenvalue weighted by Gasteiger charge is -2.41. The number of pyridine rings is 1. The van der Waals surface area contributed by atoms with E-state index in [1.54, 1.807) is 6.20 Å². The van der Waals surface area contributed by atoms with Crippen LogP contribution in [0.25, 0.3) is 0 Å². The molecule has 1 aliphatic carbocycles. The molecule has 3 heterocycles. The van der Waals surface area contributed by atoms with Gasteiger partial charge in [-0.1, -0.05) is 5.92 Å². The van der Waals surface area contributed by atoms with E-state index in [1.807, 2.05) is 13.0 Å². The van der Waals surface area contributed by atoms with Gasteiger partial charge in [-0.3, -0.25) is 10.1 Å². The van der Waals surface area contributed by atoms with Crippen LogP contribution in [0.4, 0.5) is 16.3 Å². The molecule has 1 unspecified atom stereocenters. The standard InChI is InChI=1S/C24H32N4O4/c1-3-13-32-23(31)26-20-15-25-21(14-17(20)2)27-11-4-9-24(16-27)10-12-28(22(24)30)18-5-7-19(29)8-6-18/h1,14-15,18-19,29H,4-13,16H2,2H3,(H,26,31). The number of carbonyl (C=O) groups is 2. The summed E-state index contributed by atoms with van der Waals surface area (Å²) in [7, 11) is 0. The maximum Gasteiger partial charge on any atom is 0.412 e. The van der Waals surface area contributed by atoms with Crippen LogP contribution in [-0.4, -0.2) is 65.4 Å². The molecule has 1 aromatic rings. The van der Waals surface area contributed by atoms with Gasteiger partial charge in [0.15, 0.2) is 6.61 Å². The zero-order chi connectivity index (χ0) is 22.7. The van der Waals surface area contributed by atoms with Crippen molar-refractivity contribution in [2.45, 2.75) is 64.0 Å². The molecule has 2 saturated heterocycles. The molecule has 1 aromatic heterocycles. The van der Waals surface area contributed by atoms with Crippen molar-refractivity contribution < 1.29 is 19.4 Å². The monoisotopic (exact) mass is 440 g/mol. The van der Waals surface area contributed by atoms with Crippen molar-refractivity contribution >= 4 is 23.5 Å². The fourth-order valence-corrected chi connectivity index (χ4v) is 5.37. The lowest BCUT2D eigenvalue weighted by molar-refractivity contribution is -0.139. The van der Waals surface area contributed by atoms with E-state index < -0.39 is 6.09 Å². The van der Waals surface area contributed by atoms with Gasteiger partial charge in [0, 0.05) is 25.7 Å². The fraction of sp³-hybridized carbons (Fsp3) is 0.625. The van der Waals surface area contributed by atoms with E-state index in [2.05, 4.69) is 26.0 Å². The number of rotatable bonds is 4. The SMILES string of the molecule is C#CCOC(=O)Nc1cnc(N2CCCC3(CCN(C4CCC(O)CC4)C3=O)C2)cc1C. The molecular formula is C24H32N4O4. The number of hydrogen-bond donors (Lipinski definition) is 2. The van der Waals surface area contributed by atoms with Crippen molar-refractivity contribution in [2.24, 2.45) is 5.41 Å². The molecule has 0 bridgehead atoms. The molecule has 2 N–H and O–H groups in total. The third kappa shape index (κ3) is 4.53. The number of carbonyl (C=O) groups excluding carboxylic acids is 2. The molecule has 3 aliphatic rings. The first-order valence-electron chi connectivity index (χ1n) is 11.5. The average molecular weight is 441 g/mol. The quantitative estimate of drug-likeness (QED) is 0.699. The van der Waals surface area contributed by atoms with Crippen LogP contribution in [0, 0.1) is 24.7 Å². The minimum Gasteiger partial charge on any atom is -0.436 e. The Balaban J connectivity index is 1.43. The van der Waals surface area contributed by atoms with E-state index >= 15 is 0 Å². The van der Waals surface area contributed by atoms with E-state index in [0.717, 1.165) is 69.4 Å². The van der Waals surface area contributed by atoms with Crippen molar-refractivity contribution in [1.82, 2.24) is 9.88 Å². The van der Waals surface area contributed by atoms with Crippen molar-refractivity contribution in [3.8, 4) is 12.3 Å². The summed E-state index contributed by atoms with van der Waals surface area (Å²) in [6.45, 7) is 4.15. The van der Waals surface area contributed by atoms with Gasteiger partial charge in [-0.15, -0.1) is 6.42 Å². The lowest BCUT2D eigenvalue weighted by atomic mass is 9.78. The zero-order valence-corrected chi connectivity index (χ0v) is 18.7. The van der Waals surface area contributed by atoms with Crippen LogP contribution in [0.3, 0.4) is 0 Å². The van der Waals surface area contributed by atoms with Crippen LogP contribution in [-0.2, 0) is 9.53 Å². The lowest BCUT2D eigenvalue weighted by Crippen LogP contribution is -2.50. The Bertz CT molecular complexity index is 906. The highest BCUT2D eigenvalue weighted by molar-refractivity contribution is 5.87. The van der Waals surface area contributed by atoms with Gasteiger partial charge in [0.2, 0.25) is 5.91 Å². The first-order valence-corrected chi connectivity index (χ1v) is 11.5. The largest absolute Gasteiger partial charge is 0.436 e. The van der Waals surface area contributed by atoms with Crippen molar-refractivity contribution in [3.63, 3.8) is 0 Å². The number of aliphatic hydroxyl groups is 1. The van der Waals surface area contributed by atoms with E-state index in [9.17, 15) is 14.7 Å². The minimum absolute atomic E-state index is 0.0846. The summed E-state index contributed by atoms with van der Waals surface area (Å²) in [6.07, 6.45) is 12.0. The molecule has 2 amide bonds. The van der Waals surface area contributed by atoms with Crippen molar-refractivity contribution in [3.05, 3.63) is 17.8 Å². The Kier molecular flexibility index (Phi) is 6.56. The highest BCUT2D eigenvalue weighted by Crippen LogP contribution is 2.43. The molecule has 2 aliphatic heterocycles. The van der Waals surface area contributed by atoms with Crippen LogP contribution in [0.15, 0.2) is 12.3 Å². The van der Waals surface area contributed by atoms with E-state index in [1.165, 1.54) is 0 Å². The number of amides is 2. The summed E-state index contributed by atoms with van der Waals surface area (Å²) in [6, 6.07) is 2.20. The summed E-state index contributed by atoms with van der Waals surface area (Å²) in [4.78, 5) is 34.1. The molecule has 1 spiro atoms. The highest BCUT2D eigenvalue weighted by Gasteiger charge is 2.50. The van der Waals surface area contributed by atoms with Crippen LogP contribution in [0.1, 0.15) is 50.5 Å². The number of hydrogen-bond acceptors (Lipinski definition) is 6. The first-order chi connectivity index (χ1) is 15.4. The van der Waals surface area contributed by atoms with Crippen LogP contribution < -0.4 is 10.2 Å². The number of nitrogens with one attached hydrogen (secondary N) is 1. The number of aryl methyl sites for hydroxylation is 1. The van der Waals surface area contributed by atoms with Crippen LogP contribution in [0.2, 0.25) is 0 Å². The van der Waals surface area contributed by atoms with E-state index in [-0.39, 0.29) is 30.1 Å². The number of likely N-dealkylation sites (tertiary alicyclic amines) is 1. The maximum absolute atomic E-state index is 13.5. The molecule has 1 atom stereocenters. The second-order valence-electron chi connectivity index (χ2n) is 9.28. The second kappa shape index (κ2) is 9.37. The summed E-state index contributed by atoms with van der Waals surface area (Å²) in [5.41, 5.74) is 1.09. The summed E-state index contributed by atoms with van der Waals surface area (Å²) < 4.78 is 4.86. The van der Waals surface area contributed by atoms with E-state index in [4.69, 9.17) is 11.2 Å². The topological polar surface area (TPSA) is 95.0 Å². The van der Waals surface area contributed by atoms with Gasteiger partial charge in [0.1, 0.15) is 5.82 Å². The van der Waals surface area contributed by atoms with Crippen molar-refractivity contribution in [2.75, 3.05) is 36.5 Å². The number of piperidine rings is 1.